The molecule has 1 N–H and O–H groups in total. The lowest BCUT2D eigenvalue weighted by molar-refractivity contribution is -0.127. The van der Waals surface area contributed by atoms with Crippen molar-refractivity contribution in [3.63, 3.8) is 0 Å². The summed E-state index contributed by atoms with van der Waals surface area (Å²) in [5, 5.41) is 2.10. The van der Waals surface area contributed by atoms with Gasteiger partial charge in [-0.2, -0.15) is 0 Å². The maximum absolute atomic E-state index is 12.8. The van der Waals surface area contributed by atoms with Crippen molar-refractivity contribution in [1.82, 2.24) is 4.90 Å². The number of nitrogens with one attached hydrogen (secondary N) is 1. The Bertz CT molecular complexity index is 1160. The van der Waals surface area contributed by atoms with Crippen LogP contribution >= 0.6 is 11.8 Å². The van der Waals surface area contributed by atoms with Crippen LogP contribution in [-0.4, -0.2) is 56.6 Å². The molecule has 0 unspecified atom stereocenters. The van der Waals surface area contributed by atoms with Crippen molar-refractivity contribution in [3.8, 4) is 28.7 Å². The first kappa shape index (κ1) is 22.3. The number of imide groups is 1. The summed E-state index contributed by atoms with van der Waals surface area (Å²) in [5.41, 5.74) is 0.979. The Labute approximate surface area is 193 Å². The number of ether oxygens (including phenoxy) is 5. The number of methoxy groups -OCH3 is 3. The van der Waals surface area contributed by atoms with Crippen LogP contribution in [0, 0.1) is 0 Å². The number of nitrogens with zero attached hydrogens (tertiary/aromatic N) is 1. The predicted molar refractivity (Wildman–Crippen MR) is 120 cm³/mol. The zero-order chi connectivity index (χ0) is 23.5. The molecule has 2 aliphatic rings. The number of amides is 3. The van der Waals surface area contributed by atoms with Gasteiger partial charge in [-0.1, -0.05) is 0 Å². The third-order valence-electron chi connectivity index (χ3n) is 4.85. The first-order chi connectivity index (χ1) is 15.9. The second-order valence-corrected chi connectivity index (χ2v) is 7.83. The van der Waals surface area contributed by atoms with Crippen molar-refractivity contribution in [2.45, 2.75) is 0 Å². The van der Waals surface area contributed by atoms with Crippen molar-refractivity contribution in [2.24, 2.45) is 0 Å². The van der Waals surface area contributed by atoms with E-state index in [1.807, 2.05) is 0 Å². The first-order valence-corrected chi connectivity index (χ1v) is 10.5. The number of carbonyl (C=O) groups excluding carboxylic acids is 3. The predicted octanol–water partition coefficient (Wildman–Crippen LogP) is 3.12. The maximum Gasteiger partial charge on any atom is 0.294 e. The monoisotopic (exact) mass is 472 g/mol. The summed E-state index contributed by atoms with van der Waals surface area (Å²) in [6.45, 7) is -0.319. The molecule has 33 heavy (non-hydrogen) atoms. The fourth-order valence-electron chi connectivity index (χ4n) is 3.26. The number of benzene rings is 2. The number of carbonyl (C=O) groups is 3. The summed E-state index contributed by atoms with van der Waals surface area (Å²) in [4.78, 5) is 38.8. The Hall–Kier alpha value is -3.86. The largest absolute Gasteiger partial charge is 0.496 e. The molecule has 4 rings (SSSR count). The van der Waals surface area contributed by atoms with Gasteiger partial charge in [0.25, 0.3) is 11.1 Å². The van der Waals surface area contributed by atoms with Gasteiger partial charge in [0.2, 0.25) is 12.7 Å². The number of rotatable bonds is 7. The van der Waals surface area contributed by atoms with Gasteiger partial charge in [0.05, 0.1) is 26.2 Å². The molecule has 2 aliphatic heterocycles. The minimum Gasteiger partial charge on any atom is -0.496 e. The van der Waals surface area contributed by atoms with E-state index in [9.17, 15) is 14.4 Å². The molecule has 0 bridgehead atoms. The van der Waals surface area contributed by atoms with E-state index >= 15 is 0 Å². The minimum atomic E-state index is -0.581. The molecule has 0 saturated carbocycles. The zero-order valence-electron chi connectivity index (χ0n) is 18.0. The lowest BCUT2D eigenvalue weighted by atomic mass is 10.1. The van der Waals surface area contributed by atoms with E-state index in [0.29, 0.717) is 40.0 Å². The Morgan fingerprint density at radius 3 is 2.45 bits per heavy atom. The van der Waals surface area contributed by atoms with Crippen LogP contribution in [0.3, 0.4) is 0 Å². The molecule has 11 heteroatoms. The van der Waals surface area contributed by atoms with Gasteiger partial charge in [0, 0.05) is 23.4 Å². The number of fused-ring (bicyclic) bond motifs is 1. The van der Waals surface area contributed by atoms with E-state index in [0.717, 1.165) is 16.7 Å². The van der Waals surface area contributed by atoms with E-state index in [1.165, 1.54) is 27.4 Å². The molecule has 10 nitrogen and oxygen atoms in total. The fraction of sp³-hybridized carbons (Fsp3) is 0.227. The maximum atomic E-state index is 12.8. The van der Waals surface area contributed by atoms with Gasteiger partial charge in [-0.15, -0.1) is 0 Å². The average Bonchev–Trinajstić information content (AvgIpc) is 3.38. The molecule has 0 spiro atoms. The molecule has 2 aromatic carbocycles. The highest BCUT2D eigenvalue weighted by molar-refractivity contribution is 8.18. The van der Waals surface area contributed by atoms with Gasteiger partial charge >= 0.3 is 0 Å². The molecule has 0 aromatic heterocycles. The lowest BCUT2D eigenvalue weighted by Gasteiger charge is -2.13. The molecule has 1 fully saturated rings. The van der Waals surface area contributed by atoms with Crippen LogP contribution in [0.4, 0.5) is 10.5 Å². The lowest BCUT2D eigenvalue weighted by Crippen LogP contribution is -2.36. The summed E-state index contributed by atoms with van der Waals surface area (Å²) in [6.07, 6.45) is 1.52. The highest BCUT2D eigenvalue weighted by atomic mass is 32.2. The van der Waals surface area contributed by atoms with Gasteiger partial charge in [-0.05, 0) is 36.0 Å². The number of hydrogen-bond acceptors (Lipinski definition) is 9. The van der Waals surface area contributed by atoms with Crippen molar-refractivity contribution in [3.05, 3.63) is 40.8 Å². The van der Waals surface area contributed by atoms with Crippen molar-refractivity contribution in [2.75, 3.05) is 40.0 Å². The van der Waals surface area contributed by atoms with Gasteiger partial charge in [-0.25, -0.2) is 0 Å². The molecule has 2 heterocycles. The molecule has 2 aromatic rings. The third-order valence-corrected chi connectivity index (χ3v) is 5.76. The molecule has 1 saturated heterocycles. The average molecular weight is 472 g/mol. The second-order valence-electron chi connectivity index (χ2n) is 6.83. The van der Waals surface area contributed by atoms with Crippen molar-refractivity contribution >= 4 is 40.6 Å². The highest BCUT2D eigenvalue weighted by Gasteiger charge is 2.36. The smallest absolute Gasteiger partial charge is 0.294 e. The van der Waals surface area contributed by atoms with E-state index < -0.39 is 23.6 Å². The van der Waals surface area contributed by atoms with Gasteiger partial charge < -0.3 is 29.0 Å². The van der Waals surface area contributed by atoms with Gasteiger partial charge in [0.15, 0.2) is 23.0 Å². The summed E-state index contributed by atoms with van der Waals surface area (Å²) in [7, 11) is 4.46. The first-order valence-electron chi connectivity index (χ1n) is 9.68. The van der Waals surface area contributed by atoms with Gasteiger partial charge in [-0.3, -0.25) is 19.3 Å². The van der Waals surface area contributed by atoms with E-state index in [4.69, 9.17) is 23.7 Å². The van der Waals surface area contributed by atoms with E-state index in [2.05, 4.69) is 5.32 Å². The molecule has 0 radical (unpaired) electrons. The Kier molecular flexibility index (Phi) is 6.31. The molecule has 3 amide bonds. The summed E-state index contributed by atoms with van der Waals surface area (Å²) in [5.74, 6) is 1.30. The summed E-state index contributed by atoms with van der Waals surface area (Å²) in [6, 6.07) is 8.17. The molecular weight excluding hydrogens is 452 g/mol. The standard InChI is InChI=1S/C22H20N2O8S/c1-28-15-9-17(30-3)16(29-2)6-12(15)7-19-21(26)24(22(27)33-19)10-20(25)23-13-4-5-14-18(8-13)32-11-31-14/h4-9H,10-11H2,1-3H3,(H,23,25)/b19-7+. The van der Waals surface area contributed by atoms with Crippen LogP contribution in [0.15, 0.2) is 35.2 Å². The van der Waals surface area contributed by atoms with Crippen LogP contribution in [0.25, 0.3) is 6.08 Å². The highest BCUT2D eigenvalue weighted by Crippen LogP contribution is 2.39. The number of thioether (sulfide) groups is 1. The fourth-order valence-corrected chi connectivity index (χ4v) is 4.09. The summed E-state index contributed by atoms with van der Waals surface area (Å²) >= 11 is 0.738. The van der Waals surface area contributed by atoms with E-state index in [1.54, 1.807) is 30.3 Å². The topological polar surface area (TPSA) is 113 Å². The molecule has 172 valence electrons. The van der Waals surface area contributed by atoms with Crippen molar-refractivity contribution in [1.29, 1.82) is 0 Å². The summed E-state index contributed by atoms with van der Waals surface area (Å²) < 4.78 is 26.4. The van der Waals surface area contributed by atoms with Crippen LogP contribution in [0.5, 0.6) is 28.7 Å². The number of hydrogen-bond donors (Lipinski definition) is 1. The second kappa shape index (κ2) is 9.33. The zero-order valence-corrected chi connectivity index (χ0v) is 18.8. The Morgan fingerprint density at radius 2 is 1.73 bits per heavy atom. The van der Waals surface area contributed by atoms with Crippen LogP contribution in [0.2, 0.25) is 0 Å². The molecule has 0 aliphatic carbocycles. The molecule has 0 atom stereocenters. The van der Waals surface area contributed by atoms with Crippen LogP contribution < -0.4 is 29.0 Å². The minimum absolute atomic E-state index is 0.112. The normalized spacial score (nSPS) is 15.7. The Balaban J connectivity index is 1.49. The van der Waals surface area contributed by atoms with Crippen molar-refractivity contribution < 1.29 is 38.1 Å². The van der Waals surface area contributed by atoms with Crippen LogP contribution in [0.1, 0.15) is 5.56 Å². The van der Waals surface area contributed by atoms with E-state index in [-0.39, 0.29) is 11.7 Å². The van der Waals surface area contributed by atoms with Crippen LogP contribution in [-0.2, 0) is 9.59 Å². The number of anilines is 1. The SMILES string of the molecule is COc1cc(OC)c(OC)cc1/C=C1/SC(=O)N(CC(=O)Nc2ccc3c(c2)OCO3)C1=O. The third kappa shape index (κ3) is 4.53. The quantitative estimate of drug-likeness (QED) is 0.607. The molecular formula is C22H20N2O8S. The Morgan fingerprint density at radius 1 is 1.03 bits per heavy atom. The van der Waals surface area contributed by atoms with Gasteiger partial charge in [0.1, 0.15) is 12.3 Å².